The van der Waals surface area contributed by atoms with Crippen molar-refractivity contribution in [3.63, 3.8) is 0 Å². The van der Waals surface area contributed by atoms with E-state index in [0.29, 0.717) is 12.2 Å². The van der Waals surface area contributed by atoms with Crippen LogP contribution in [0.2, 0.25) is 0 Å². The highest BCUT2D eigenvalue weighted by atomic mass is 19.1. The molecule has 1 rings (SSSR count). The van der Waals surface area contributed by atoms with Gasteiger partial charge in [0.1, 0.15) is 11.6 Å². The summed E-state index contributed by atoms with van der Waals surface area (Å²) < 4.78 is 18.5. The molecular weight excluding hydrogens is 235 g/mol. The van der Waals surface area contributed by atoms with Gasteiger partial charge in [0.05, 0.1) is 18.3 Å². The lowest BCUT2D eigenvalue weighted by Crippen LogP contribution is -2.48. The Morgan fingerprint density at radius 1 is 1.56 bits per heavy atom. The Labute approximate surface area is 106 Å². The van der Waals surface area contributed by atoms with E-state index in [4.69, 9.17) is 10.5 Å². The average Bonchev–Trinajstić information content (AvgIpc) is 2.31. The first-order valence-corrected chi connectivity index (χ1v) is 5.84. The zero-order valence-electron chi connectivity index (χ0n) is 10.9. The van der Waals surface area contributed by atoms with Crippen LogP contribution in [0.15, 0.2) is 18.2 Å². The Morgan fingerprint density at radius 3 is 2.78 bits per heavy atom. The predicted octanol–water partition coefficient (Wildman–Crippen LogP) is 2.29. The zero-order chi connectivity index (χ0) is 13.8. The number of carbonyl (C=O) groups excluding carboxylic acids is 1. The van der Waals surface area contributed by atoms with Crippen molar-refractivity contribution < 1.29 is 13.9 Å². The second-order valence-electron chi connectivity index (χ2n) is 4.47. The number of carbonyl (C=O) groups is 1. The molecule has 0 aliphatic rings. The van der Waals surface area contributed by atoms with Gasteiger partial charge in [0.15, 0.2) is 0 Å². The molecule has 1 atom stereocenters. The Hall–Kier alpha value is -1.62. The van der Waals surface area contributed by atoms with Crippen molar-refractivity contribution in [3.05, 3.63) is 24.0 Å². The molecule has 0 bridgehead atoms. The van der Waals surface area contributed by atoms with Crippen LogP contribution in [0.3, 0.4) is 0 Å². The molecule has 0 saturated carbocycles. The van der Waals surface area contributed by atoms with Crippen LogP contribution >= 0.6 is 0 Å². The van der Waals surface area contributed by atoms with Crippen LogP contribution in [0, 0.1) is 5.82 Å². The van der Waals surface area contributed by atoms with Crippen LogP contribution in [0.25, 0.3) is 0 Å². The maximum atomic E-state index is 13.5. The summed E-state index contributed by atoms with van der Waals surface area (Å²) in [4.78, 5) is 11.9. The van der Waals surface area contributed by atoms with Gasteiger partial charge in [0.25, 0.3) is 0 Å². The standard InChI is InChI=1S/C13H19FN2O2/c1-4-7-13(2,15)12(17)16-11-8-9(18-3)5-6-10(11)14/h5-6,8H,4,7,15H2,1-3H3,(H,16,17). The Bertz CT molecular complexity index is 433. The number of anilines is 1. The molecule has 0 aliphatic heterocycles. The third kappa shape index (κ3) is 3.43. The summed E-state index contributed by atoms with van der Waals surface area (Å²) in [7, 11) is 1.48. The molecule has 3 N–H and O–H groups in total. The number of amides is 1. The van der Waals surface area contributed by atoms with Gasteiger partial charge in [-0.15, -0.1) is 0 Å². The molecule has 0 fully saturated rings. The monoisotopic (exact) mass is 254 g/mol. The smallest absolute Gasteiger partial charge is 0.244 e. The van der Waals surface area contributed by atoms with E-state index in [1.807, 2.05) is 6.92 Å². The Balaban J connectivity index is 2.87. The SMILES string of the molecule is CCCC(C)(N)C(=O)Nc1cc(OC)ccc1F. The maximum Gasteiger partial charge on any atom is 0.244 e. The van der Waals surface area contributed by atoms with Gasteiger partial charge in [-0.25, -0.2) is 4.39 Å². The second-order valence-corrected chi connectivity index (χ2v) is 4.47. The fourth-order valence-electron chi connectivity index (χ4n) is 1.63. The van der Waals surface area contributed by atoms with Gasteiger partial charge in [-0.05, 0) is 25.5 Å². The Morgan fingerprint density at radius 2 is 2.22 bits per heavy atom. The molecule has 0 spiro atoms. The number of hydrogen-bond donors (Lipinski definition) is 2. The maximum absolute atomic E-state index is 13.5. The molecule has 1 amide bonds. The molecule has 1 unspecified atom stereocenters. The number of hydrogen-bond acceptors (Lipinski definition) is 3. The van der Waals surface area contributed by atoms with E-state index in [9.17, 15) is 9.18 Å². The van der Waals surface area contributed by atoms with E-state index < -0.39 is 17.3 Å². The summed E-state index contributed by atoms with van der Waals surface area (Å²) in [5.41, 5.74) is 4.94. The summed E-state index contributed by atoms with van der Waals surface area (Å²) in [5, 5.41) is 2.49. The topological polar surface area (TPSA) is 64.4 Å². The third-order valence-electron chi connectivity index (χ3n) is 2.71. The predicted molar refractivity (Wildman–Crippen MR) is 69.1 cm³/mol. The van der Waals surface area contributed by atoms with Crippen LogP contribution in [0.5, 0.6) is 5.75 Å². The summed E-state index contributed by atoms with van der Waals surface area (Å²) >= 11 is 0. The highest BCUT2D eigenvalue weighted by Crippen LogP contribution is 2.22. The van der Waals surface area contributed by atoms with Gasteiger partial charge < -0.3 is 15.8 Å². The average molecular weight is 254 g/mol. The minimum atomic E-state index is -1.01. The number of ether oxygens (including phenoxy) is 1. The van der Waals surface area contributed by atoms with Crippen molar-refractivity contribution in [1.29, 1.82) is 0 Å². The zero-order valence-corrected chi connectivity index (χ0v) is 10.9. The molecule has 1 aromatic rings. The fraction of sp³-hybridized carbons (Fsp3) is 0.462. The number of benzene rings is 1. The van der Waals surface area contributed by atoms with Crippen LogP contribution < -0.4 is 15.8 Å². The lowest BCUT2D eigenvalue weighted by Gasteiger charge is -2.23. The number of nitrogens with two attached hydrogens (primary N) is 1. The van der Waals surface area contributed by atoms with Crippen LogP contribution in [-0.4, -0.2) is 18.6 Å². The van der Waals surface area contributed by atoms with E-state index in [2.05, 4.69) is 5.32 Å². The first kappa shape index (κ1) is 14.4. The number of rotatable bonds is 5. The van der Waals surface area contributed by atoms with Crippen molar-refractivity contribution in [1.82, 2.24) is 0 Å². The molecule has 0 aromatic heterocycles. The minimum Gasteiger partial charge on any atom is -0.497 e. The molecule has 5 heteroatoms. The summed E-state index contributed by atoms with van der Waals surface area (Å²) in [5.74, 6) is -0.450. The van der Waals surface area contributed by atoms with Crippen LogP contribution in [0.4, 0.5) is 10.1 Å². The summed E-state index contributed by atoms with van der Waals surface area (Å²) in [6.07, 6.45) is 1.31. The molecule has 1 aromatic carbocycles. The van der Waals surface area contributed by atoms with E-state index in [1.165, 1.54) is 25.3 Å². The van der Waals surface area contributed by atoms with Gasteiger partial charge in [-0.1, -0.05) is 13.3 Å². The lowest BCUT2D eigenvalue weighted by molar-refractivity contribution is -0.120. The molecule has 18 heavy (non-hydrogen) atoms. The van der Waals surface area contributed by atoms with Gasteiger partial charge in [-0.3, -0.25) is 4.79 Å². The molecule has 0 radical (unpaired) electrons. The van der Waals surface area contributed by atoms with E-state index in [1.54, 1.807) is 6.92 Å². The molecule has 0 heterocycles. The number of halogens is 1. The molecule has 0 aliphatic carbocycles. The third-order valence-corrected chi connectivity index (χ3v) is 2.71. The number of methoxy groups -OCH3 is 1. The summed E-state index contributed by atoms with van der Waals surface area (Å²) in [6.45, 7) is 3.56. The van der Waals surface area contributed by atoms with E-state index in [-0.39, 0.29) is 5.69 Å². The Kier molecular flexibility index (Phi) is 4.67. The minimum absolute atomic E-state index is 0.0760. The lowest BCUT2D eigenvalue weighted by atomic mass is 9.96. The largest absolute Gasteiger partial charge is 0.497 e. The van der Waals surface area contributed by atoms with Crippen LogP contribution in [0.1, 0.15) is 26.7 Å². The first-order chi connectivity index (χ1) is 8.40. The van der Waals surface area contributed by atoms with Crippen molar-refractivity contribution in [2.24, 2.45) is 5.73 Å². The summed E-state index contributed by atoms with van der Waals surface area (Å²) in [6, 6.07) is 4.15. The van der Waals surface area contributed by atoms with Crippen LogP contribution in [-0.2, 0) is 4.79 Å². The van der Waals surface area contributed by atoms with Gasteiger partial charge in [0, 0.05) is 6.07 Å². The normalized spacial score (nSPS) is 13.8. The number of nitrogens with one attached hydrogen (secondary N) is 1. The molecule has 4 nitrogen and oxygen atoms in total. The van der Waals surface area contributed by atoms with Gasteiger partial charge >= 0.3 is 0 Å². The molecular formula is C13H19FN2O2. The second kappa shape index (κ2) is 5.82. The fourth-order valence-corrected chi connectivity index (χ4v) is 1.63. The van der Waals surface area contributed by atoms with Gasteiger partial charge in [0.2, 0.25) is 5.91 Å². The highest BCUT2D eigenvalue weighted by Gasteiger charge is 2.27. The van der Waals surface area contributed by atoms with Crippen molar-refractivity contribution in [2.75, 3.05) is 12.4 Å². The molecule has 100 valence electrons. The van der Waals surface area contributed by atoms with Crippen molar-refractivity contribution in [3.8, 4) is 5.75 Å². The quantitative estimate of drug-likeness (QED) is 0.847. The first-order valence-electron chi connectivity index (χ1n) is 5.84. The molecule has 0 saturated heterocycles. The van der Waals surface area contributed by atoms with Gasteiger partial charge in [-0.2, -0.15) is 0 Å². The van der Waals surface area contributed by atoms with E-state index in [0.717, 1.165) is 6.42 Å². The highest BCUT2D eigenvalue weighted by molar-refractivity contribution is 5.97. The van der Waals surface area contributed by atoms with Crippen molar-refractivity contribution >= 4 is 11.6 Å². The van der Waals surface area contributed by atoms with Crippen molar-refractivity contribution in [2.45, 2.75) is 32.2 Å². The van der Waals surface area contributed by atoms with E-state index >= 15 is 0 Å².